The summed E-state index contributed by atoms with van der Waals surface area (Å²) in [5.74, 6) is -1.27. The Bertz CT molecular complexity index is 966. The van der Waals surface area contributed by atoms with Crippen molar-refractivity contribution in [3.8, 4) is 0 Å². The summed E-state index contributed by atoms with van der Waals surface area (Å²) >= 11 is 6.34. The lowest BCUT2D eigenvalue weighted by Crippen LogP contribution is -2.40. The van der Waals surface area contributed by atoms with Crippen LogP contribution < -0.4 is 11.5 Å². The summed E-state index contributed by atoms with van der Waals surface area (Å²) in [5, 5.41) is 0.413. The molecule has 6 nitrogen and oxygen atoms in total. The Hall–Kier alpha value is -2.23. The smallest absolute Gasteiger partial charge is 0.366 e. The quantitative estimate of drug-likeness (QED) is 0.533. The van der Waals surface area contributed by atoms with E-state index in [2.05, 4.69) is 9.97 Å². The highest BCUT2D eigenvalue weighted by atomic mass is 35.5. The lowest BCUT2D eigenvalue weighted by atomic mass is 9.81. The Morgan fingerprint density at radius 3 is 2.33 bits per heavy atom. The molecule has 10 heteroatoms. The number of nitrogens with two attached hydrogens (primary N) is 2. The van der Waals surface area contributed by atoms with Crippen molar-refractivity contribution in [3.63, 3.8) is 0 Å². The molecule has 0 radical (unpaired) electrons. The molecule has 1 amide bonds. The molecule has 1 aromatic carbocycles. The van der Waals surface area contributed by atoms with E-state index in [0.717, 1.165) is 5.56 Å². The van der Waals surface area contributed by atoms with Crippen LogP contribution in [-0.2, 0) is 6.42 Å². The van der Waals surface area contributed by atoms with E-state index in [1.165, 1.54) is 18.5 Å². The molecule has 2 unspecified atom stereocenters. The van der Waals surface area contributed by atoms with Gasteiger partial charge in [-0.25, -0.2) is 9.97 Å². The van der Waals surface area contributed by atoms with Crippen molar-refractivity contribution >= 4 is 17.5 Å². The van der Waals surface area contributed by atoms with Gasteiger partial charge >= 0.3 is 6.18 Å². The molecular formula is C23H29ClF3N5O. The van der Waals surface area contributed by atoms with Crippen LogP contribution in [0.1, 0.15) is 53.3 Å². The fraction of sp³-hybridized carbons (Fsp3) is 0.522. The first-order valence-electron chi connectivity index (χ1n) is 10.8. The first kappa shape index (κ1) is 25.4. The molecule has 4 N–H and O–H groups in total. The number of aromatic nitrogens is 2. The second-order valence-electron chi connectivity index (χ2n) is 9.04. The number of hydrogen-bond acceptors (Lipinski definition) is 5. The van der Waals surface area contributed by atoms with Crippen LogP contribution in [-0.4, -0.2) is 53.1 Å². The van der Waals surface area contributed by atoms with Gasteiger partial charge in [0.1, 0.15) is 5.82 Å². The van der Waals surface area contributed by atoms with Crippen molar-refractivity contribution in [3.05, 3.63) is 58.6 Å². The number of nitrogens with zero attached hydrogens (tertiary/aromatic N) is 3. The Balaban J connectivity index is 1.77. The van der Waals surface area contributed by atoms with Crippen LogP contribution in [0.2, 0.25) is 5.02 Å². The summed E-state index contributed by atoms with van der Waals surface area (Å²) < 4.78 is 41.8. The molecule has 180 valence electrons. The molecule has 3 atom stereocenters. The van der Waals surface area contributed by atoms with Crippen LogP contribution in [0, 0.1) is 5.41 Å². The fourth-order valence-electron chi connectivity index (χ4n) is 4.38. The van der Waals surface area contributed by atoms with E-state index < -0.39 is 29.5 Å². The number of primary amides is 1. The number of amides is 1. The molecule has 1 aromatic heterocycles. The third kappa shape index (κ3) is 5.83. The van der Waals surface area contributed by atoms with Crippen LogP contribution in [0.25, 0.3) is 0 Å². The summed E-state index contributed by atoms with van der Waals surface area (Å²) in [6.45, 7) is 0. The number of carbonyl (C=O) groups is 1. The van der Waals surface area contributed by atoms with E-state index in [1.54, 1.807) is 18.2 Å². The molecule has 1 saturated carbocycles. The maximum atomic E-state index is 13.9. The van der Waals surface area contributed by atoms with E-state index in [1.807, 2.05) is 19.0 Å². The SMILES string of the molecule is CN(C)[C@@H](Cc1ccc(C(N)=O)cc1Cl)CC(N)CC(c1ncccn1)C1(C(F)(F)F)CC1. The molecule has 1 aliphatic carbocycles. The van der Waals surface area contributed by atoms with Gasteiger partial charge in [-0.2, -0.15) is 13.2 Å². The Morgan fingerprint density at radius 1 is 1.21 bits per heavy atom. The Kier molecular flexibility index (Phi) is 7.65. The molecule has 1 fully saturated rings. The summed E-state index contributed by atoms with van der Waals surface area (Å²) in [6, 6.07) is 5.88. The van der Waals surface area contributed by atoms with Crippen molar-refractivity contribution in [2.75, 3.05) is 14.1 Å². The van der Waals surface area contributed by atoms with Gasteiger partial charge in [0, 0.05) is 41.0 Å². The zero-order chi connectivity index (χ0) is 24.4. The minimum Gasteiger partial charge on any atom is -0.366 e. The third-order valence-corrected chi connectivity index (χ3v) is 6.91. The number of likely N-dealkylation sites (N-methyl/N-ethyl adjacent to an activating group) is 1. The third-order valence-electron chi connectivity index (χ3n) is 6.55. The number of carbonyl (C=O) groups excluding carboxylic acids is 1. The van der Waals surface area contributed by atoms with Crippen molar-refractivity contribution in [2.45, 2.75) is 56.3 Å². The second kappa shape index (κ2) is 9.95. The molecule has 3 rings (SSSR count). The van der Waals surface area contributed by atoms with Crippen LogP contribution in [0.3, 0.4) is 0 Å². The van der Waals surface area contributed by atoms with Gasteiger partial charge < -0.3 is 16.4 Å². The summed E-state index contributed by atoms with van der Waals surface area (Å²) in [4.78, 5) is 21.6. The maximum absolute atomic E-state index is 13.9. The summed E-state index contributed by atoms with van der Waals surface area (Å²) in [5.41, 5.74) is 11.0. The van der Waals surface area contributed by atoms with E-state index in [4.69, 9.17) is 23.1 Å². The zero-order valence-electron chi connectivity index (χ0n) is 18.6. The number of alkyl halides is 3. The summed E-state index contributed by atoms with van der Waals surface area (Å²) in [6.07, 6.45) is -0.180. The van der Waals surface area contributed by atoms with Gasteiger partial charge in [0.2, 0.25) is 5.91 Å². The largest absolute Gasteiger partial charge is 0.395 e. The van der Waals surface area contributed by atoms with Crippen molar-refractivity contribution in [1.82, 2.24) is 14.9 Å². The Morgan fingerprint density at radius 2 is 1.85 bits per heavy atom. The van der Waals surface area contributed by atoms with Crippen LogP contribution >= 0.6 is 11.6 Å². The van der Waals surface area contributed by atoms with Crippen molar-refractivity contribution in [1.29, 1.82) is 0 Å². The topological polar surface area (TPSA) is 98.1 Å². The molecule has 33 heavy (non-hydrogen) atoms. The summed E-state index contributed by atoms with van der Waals surface area (Å²) in [7, 11) is 3.78. The number of hydrogen-bond donors (Lipinski definition) is 2. The minimum atomic E-state index is -4.34. The highest BCUT2D eigenvalue weighted by molar-refractivity contribution is 6.31. The van der Waals surface area contributed by atoms with Crippen molar-refractivity contribution in [2.24, 2.45) is 16.9 Å². The lowest BCUT2D eigenvalue weighted by Gasteiger charge is -2.32. The van der Waals surface area contributed by atoms with Crippen LogP contribution in [0.15, 0.2) is 36.7 Å². The molecule has 0 saturated heterocycles. The first-order valence-corrected chi connectivity index (χ1v) is 11.2. The fourth-order valence-corrected chi connectivity index (χ4v) is 4.64. The van der Waals surface area contributed by atoms with Crippen LogP contribution in [0.4, 0.5) is 13.2 Å². The molecule has 2 aromatic rings. The van der Waals surface area contributed by atoms with Crippen molar-refractivity contribution < 1.29 is 18.0 Å². The molecule has 1 heterocycles. The average Bonchev–Trinajstić information content (AvgIpc) is 3.55. The first-order chi connectivity index (χ1) is 15.4. The predicted molar refractivity (Wildman–Crippen MR) is 121 cm³/mol. The molecule has 0 aliphatic heterocycles. The van der Waals surface area contributed by atoms with Gasteiger partial charge in [0.25, 0.3) is 0 Å². The highest BCUT2D eigenvalue weighted by Crippen LogP contribution is 2.65. The predicted octanol–water partition coefficient (Wildman–Crippen LogP) is 3.94. The van der Waals surface area contributed by atoms with Crippen LogP contribution in [0.5, 0.6) is 0 Å². The lowest BCUT2D eigenvalue weighted by molar-refractivity contribution is -0.195. The van der Waals surface area contributed by atoms with E-state index in [0.29, 0.717) is 23.4 Å². The Labute approximate surface area is 196 Å². The number of benzene rings is 1. The van der Waals surface area contributed by atoms with Gasteiger partial charge in [0.05, 0.1) is 5.41 Å². The standard InChI is InChI=1S/C23H29ClF3N5O/c1-32(2)17(10-14-4-5-15(20(29)33)11-19(14)24)12-16(28)13-18(21-30-8-3-9-31-21)22(6-7-22)23(25,26)27/h3-5,8-9,11,16-18H,6-7,10,12-13,28H2,1-2H3,(H2,29,33)/t16?,17-,18?/m0/s1. The van der Waals surface area contributed by atoms with Gasteiger partial charge in [-0.05, 0) is 70.0 Å². The van der Waals surface area contributed by atoms with Gasteiger partial charge in [0.15, 0.2) is 0 Å². The number of rotatable bonds is 10. The molecule has 0 bridgehead atoms. The molecule has 1 aliphatic rings. The zero-order valence-corrected chi connectivity index (χ0v) is 19.4. The highest BCUT2D eigenvalue weighted by Gasteiger charge is 2.67. The molecule has 0 spiro atoms. The van der Waals surface area contributed by atoms with E-state index in [-0.39, 0.29) is 31.1 Å². The normalized spacial score (nSPS) is 18.1. The average molecular weight is 484 g/mol. The minimum absolute atomic E-state index is 0.0606. The van der Waals surface area contributed by atoms with E-state index in [9.17, 15) is 18.0 Å². The maximum Gasteiger partial charge on any atom is 0.395 e. The van der Waals surface area contributed by atoms with Gasteiger partial charge in [-0.15, -0.1) is 0 Å². The monoisotopic (exact) mass is 483 g/mol. The molecular weight excluding hydrogens is 455 g/mol. The van der Waals surface area contributed by atoms with Gasteiger partial charge in [-0.3, -0.25) is 4.79 Å². The van der Waals surface area contributed by atoms with Gasteiger partial charge in [-0.1, -0.05) is 17.7 Å². The second-order valence-corrected chi connectivity index (χ2v) is 9.44. The number of halogens is 4. The van der Waals surface area contributed by atoms with E-state index >= 15 is 0 Å².